The number of nitrogens with one attached hydrogen (secondary N) is 1. The van der Waals surface area contributed by atoms with Crippen LogP contribution in [0.4, 0.5) is 0 Å². The predicted octanol–water partition coefficient (Wildman–Crippen LogP) is 0.470. The number of sulfone groups is 1. The summed E-state index contributed by atoms with van der Waals surface area (Å²) in [5, 5.41) is 8.78. The summed E-state index contributed by atoms with van der Waals surface area (Å²) in [6.07, 6.45) is 0.999. The van der Waals surface area contributed by atoms with Crippen LogP contribution in [0.1, 0.15) is 10.4 Å². The van der Waals surface area contributed by atoms with E-state index in [0.717, 1.165) is 24.5 Å². The van der Waals surface area contributed by atoms with Crippen LogP contribution >= 0.6 is 15.9 Å². The number of benzene rings is 1. The molecule has 0 unspecified atom stereocenters. The van der Waals surface area contributed by atoms with Crippen LogP contribution in [0.3, 0.4) is 0 Å². The summed E-state index contributed by atoms with van der Waals surface area (Å²) >= 11 is 2.98. The smallest absolute Gasteiger partial charge is 0.335 e. The second-order valence-corrected chi connectivity index (χ2v) is 8.83. The lowest BCUT2D eigenvalue weighted by atomic mass is 10.2. The Labute approximate surface area is 125 Å². The van der Waals surface area contributed by atoms with Gasteiger partial charge in [-0.15, -0.1) is 0 Å². The number of carbonyl (C=O) groups is 1. The third-order valence-corrected chi connectivity index (χ3v) is 5.62. The summed E-state index contributed by atoms with van der Waals surface area (Å²) in [5.41, 5.74) is -0.0630. The summed E-state index contributed by atoms with van der Waals surface area (Å²) in [7, 11) is -7.18. The lowest BCUT2D eigenvalue weighted by Gasteiger charge is -2.08. The number of halogens is 1. The molecule has 1 aromatic rings. The van der Waals surface area contributed by atoms with Crippen molar-refractivity contribution < 1.29 is 26.7 Å². The molecule has 0 aromatic heterocycles. The molecule has 0 heterocycles. The largest absolute Gasteiger partial charge is 0.478 e. The molecule has 7 nitrogen and oxygen atoms in total. The molecule has 0 aliphatic carbocycles. The van der Waals surface area contributed by atoms with Gasteiger partial charge in [0.05, 0.1) is 16.2 Å². The van der Waals surface area contributed by atoms with E-state index in [1.54, 1.807) is 0 Å². The van der Waals surface area contributed by atoms with Gasteiger partial charge in [-0.05, 0) is 34.1 Å². The Morgan fingerprint density at radius 3 is 2.35 bits per heavy atom. The maximum atomic E-state index is 11.9. The van der Waals surface area contributed by atoms with Gasteiger partial charge in [-0.25, -0.2) is 26.4 Å². The molecule has 0 saturated carbocycles. The van der Waals surface area contributed by atoms with E-state index in [2.05, 4.69) is 20.7 Å². The van der Waals surface area contributed by atoms with Gasteiger partial charge in [-0.3, -0.25) is 0 Å². The van der Waals surface area contributed by atoms with Gasteiger partial charge in [0.25, 0.3) is 0 Å². The van der Waals surface area contributed by atoms with Crippen molar-refractivity contribution in [3.05, 3.63) is 28.2 Å². The van der Waals surface area contributed by atoms with E-state index in [1.807, 2.05) is 0 Å². The summed E-state index contributed by atoms with van der Waals surface area (Å²) in [4.78, 5) is 10.6. The van der Waals surface area contributed by atoms with Gasteiger partial charge in [0, 0.05) is 17.3 Å². The van der Waals surface area contributed by atoms with Gasteiger partial charge in [0.2, 0.25) is 10.0 Å². The van der Waals surface area contributed by atoms with Crippen molar-refractivity contribution in [2.75, 3.05) is 18.6 Å². The van der Waals surface area contributed by atoms with E-state index in [4.69, 9.17) is 5.11 Å². The quantitative estimate of drug-likeness (QED) is 0.734. The fourth-order valence-corrected chi connectivity index (χ4v) is 4.00. The van der Waals surface area contributed by atoms with Crippen LogP contribution in [0, 0.1) is 0 Å². The first-order valence-electron chi connectivity index (χ1n) is 5.23. The maximum Gasteiger partial charge on any atom is 0.335 e. The molecule has 1 aromatic carbocycles. The fourth-order valence-electron chi connectivity index (χ4n) is 1.29. The van der Waals surface area contributed by atoms with Crippen LogP contribution < -0.4 is 4.72 Å². The molecule has 2 N–H and O–H groups in total. The van der Waals surface area contributed by atoms with Crippen LogP contribution in [-0.4, -0.2) is 46.5 Å². The third kappa shape index (κ3) is 4.85. The van der Waals surface area contributed by atoms with Crippen LogP contribution in [0.15, 0.2) is 27.6 Å². The first kappa shape index (κ1) is 17.1. The number of sulfonamides is 1. The van der Waals surface area contributed by atoms with Crippen LogP contribution in [0.25, 0.3) is 0 Å². The van der Waals surface area contributed by atoms with E-state index in [-0.39, 0.29) is 27.2 Å². The van der Waals surface area contributed by atoms with E-state index >= 15 is 0 Å². The zero-order valence-electron chi connectivity index (χ0n) is 10.3. The van der Waals surface area contributed by atoms with E-state index < -0.39 is 25.8 Å². The average molecular weight is 386 g/mol. The summed E-state index contributed by atoms with van der Waals surface area (Å²) < 4.78 is 48.0. The molecule has 0 atom stereocenters. The molecule has 1 rings (SSSR count). The standard InChI is InChI=1S/C10H12BrNO6S2/c1-19(15,16)5-4-12-20(17,18)9-3-2-7(10(13)14)6-8(9)11/h2-3,6,12H,4-5H2,1H3,(H,13,14). The highest BCUT2D eigenvalue weighted by molar-refractivity contribution is 9.10. The molecule has 20 heavy (non-hydrogen) atoms. The SMILES string of the molecule is CS(=O)(=O)CCNS(=O)(=O)c1ccc(C(=O)O)cc1Br. The second kappa shape index (κ2) is 6.20. The highest BCUT2D eigenvalue weighted by Crippen LogP contribution is 2.23. The number of hydrogen-bond acceptors (Lipinski definition) is 5. The molecule has 0 amide bonds. The van der Waals surface area contributed by atoms with Crippen LogP contribution in [0.2, 0.25) is 0 Å². The summed E-state index contributed by atoms with van der Waals surface area (Å²) in [6.45, 7) is -0.256. The molecular formula is C10H12BrNO6S2. The van der Waals surface area contributed by atoms with Gasteiger partial charge in [-0.2, -0.15) is 0 Å². The summed E-state index contributed by atoms with van der Waals surface area (Å²) in [5.74, 6) is -1.50. The normalized spacial score (nSPS) is 12.3. The minimum atomic E-state index is -3.91. The molecule has 0 fully saturated rings. The van der Waals surface area contributed by atoms with Gasteiger partial charge >= 0.3 is 5.97 Å². The molecular weight excluding hydrogens is 374 g/mol. The molecule has 0 bridgehead atoms. The van der Waals surface area contributed by atoms with Crippen molar-refractivity contribution >= 4 is 41.8 Å². The van der Waals surface area contributed by atoms with Gasteiger partial charge in [-0.1, -0.05) is 0 Å². The van der Waals surface area contributed by atoms with Crippen molar-refractivity contribution in [2.24, 2.45) is 0 Å². The molecule has 0 radical (unpaired) electrons. The highest BCUT2D eigenvalue weighted by atomic mass is 79.9. The van der Waals surface area contributed by atoms with Crippen molar-refractivity contribution in [3.63, 3.8) is 0 Å². The molecule has 10 heteroatoms. The monoisotopic (exact) mass is 385 g/mol. The Balaban J connectivity index is 2.96. The first-order chi connectivity index (χ1) is 9.03. The van der Waals surface area contributed by atoms with Crippen LogP contribution in [0.5, 0.6) is 0 Å². The minimum Gasteiger partial charge on any atom is -0.478 e. The predicted molar refractivity (Wildman–Crippen MR) is 76.0 cm³/mol. The number of carboxylic acid groups (broad SMARTS) is 1. The Kier molecular flexibility index (Phi) is 5.30. The topological polar surface area (TPSA) is 118 Å². The molecule has 0 aliphatic heterocycles. The minimum absolute atomic E-state index is 0.0630. The van der Waals surface area contributed by atoms with Crippen molar-refractivity contribution in [1.29, 1.82) is 0 Å². The highest BCUT2D eigenvalue weighted by Gasteiger charge is 2.19. The van der Waals surface area contributed by atoms with E-state index in [1.165, 1.54) is 0 Å². The number of hydrogen-bond donors (Lipinski definition) is 2. The van der Waals surface area contributed by atoms with E-state index in [0.29, 0.717) is 0 Å². The molecule has 0 aliphatic rings. The first-order valence-corrected chi connectivity index (χ1v) is 9.57. The molecule has 0 spiro atoms. The number of carboxylic acids is 1. The number of rotatable bonds is 6. The lowest BCUT2D eigenvalue weighted by Crippen LogP contribution is -2.29. The van der Waals surface area contributed by atoms with Crippen molar-refractivity contribution in [3.8, 4) is 0 Å². The zero-order valence-corrected chi connectivity index (χ0v) is 13.5. The Hall–Kier alpha value is -0.970. The number of aromatic carboxylic acids is 1. The maximum absolute atomic E-state index is 11.9. The zero-order chi connectivity index (χ0) is 15.6. The fraction of sp³-hybridized carbons (Fsp3) is 0.300. The van der Waals surface area contributed by atoms with Crippen molar-refractivity contribution in [1.82, 2.24) is 4.72 Å². The average Bonchev–Trinajstić information content (AvgIpc) is 2.26. The van der Waals surface area contributed by atoms with Gasteiger partial charge in [0.15, 0.2) is 0 Å². The third-order valence-electron chi connectivity index (χ3n) is 2.23. The Bertz CT molecular complexity index is 726. The lowest BCUT2D eigenvalue weighted by molar-refractivity contribution is 0.0696. The second-order valence-electron chi connectivity index (χ2n) is 3.98. The molecule has 0 saturated heterocycles. The Morgan fingerprint density at radius 1 is 1.30 bits per heavy atom. The van der Waals surface area contributed by atoms with Crippen LogP contribution in [-0.2, 0) is 19.9 Å². The van der Waals surface area contributed by atoms with E-state index in [9.17, 15) is 21.6 Å². The van der Waals surface area contributed by atoms with Gasteiger partial charge in [0.1, 0.15) is 9.84 Å². The molecule has 112 valence electrons. The van der Waals surface area contributed by atoms with Gasteiger partial charge < -0.3 is 5.11 Å². The Morgan fingerprint density at radius 2 is 1.90 bits per heavy atom. The van der Waals surface area contributed by atoms with Crippen molar-refractivity contribution in [2.45, 2.75) is 4.90 Å². The summed E-state index contributed by atoms with van der Waals surface area (Å²) in [6, 6.07) is 3.45.